The quantitative estimate of drug-likeness (QED) is 0.675. The molecule has 0 radical (unpaired) electrons. The fourth-order valence-electron chi connectivity index (χ4n) is 2.59. The van der Waals surface area contributed by atoms with Crippen LogP contribution in [0.2, 0.25) is 5.02 Å². The third-order valence-electron chi connectivity index (χ3n) is 3.86. The van der Waals surface area contributed by atoms with Crippen LogP contribution in [-0.4, -0.2) is 38.1 Å². The van der Waals surface area contributed by atoms with Gasteiger partial charge in [0, 0.05) is 16.4 Å². The number of fused-ring (bicyclic) bond motifs is 1. The van der Waals surface area contributed by atoms with Crippen LogP contribution in [0.1, 0.15) is 40.5 Å². The Balaban J connectivity index is 1.60. The van der Waals surface area contributed by atoms with E-state index in [1.807, 2.05) is 32.9 Å². The zero-order valence-electron chi connectivity index (χ0n) is 15.1. The number of esters is 1. The minimum Gasteiger partial charge on any atom is -0.450 e. The smallest absolute Gasteiger partial charge is 0.378 e. The number of benzene rings is 1. The van der Waals surface area contributed by atoms with E-state index < -0.39 is 18.5 Å². The third kappa shape index (κ3) is 4.40. The summed E-state index contributed by atoms with van der Waals surface area (Å²) in [6.07, 6.45) is 0. The average molecular weight is 388 g/mol. The molecule has 1 atom stereocenters. The number of aromatic nitrogens is 4. The monoisotopic (exact) mass is 387 g/mol. The fraction of sp³-hybridized carbons (Fsp3) is 0.278. The number of amides is 1. The van der Waals surface area contributed by atoms with Crippen molar-refractivity contribution < 1.29 is 14.3 Å². The van der Waals surface area contributed by atoms with E-state index in [1.165, 1.54) is 4.52 Å². The summed E-state index contributed by atoms with van der Waals surface area (Å²) < 4.78 is 6.46. The molecule has 1 N–H and O–H groups in total. The number of halogens is 1. The van der Waals surface area contributed by atoms with Gasteiger partial charge in [-0.2, -0.15) is 4.98 Å². The van der Waals surface area contributed by atoms with Crippen LogP contribution in [0.4, 0.5) is 0 Å². The summed E-state index contributed by atoms with van der Waals surface area (Å²) in [5.74, 6) is -1.07. The average Bonchev–Trinajstić information content (AvgIpc) is 3.04. The highest BCUT2D eigenvalue weighted by Gasteiger charge is 2.18. The van der Waals surface area contributed by atoms with Crippen LogP contribution < -0.4 is 5.32 Å². The van der Waals surface area contributed by atoms with Gasteiger partial charge < -0.3 is 10.1 Å². The second kappa shape index (κ2) is 7.71. The van der Waals surface area contributed by atoms with Crippen molar-refractivity contribution in [3.63, 3.8) is 0 Å². The number of hydrogen-bond donors (Lipinski definition) is 1. The summed E-state index contributed by atoms with van der Waals surface area (Å²) >= 11 is 5.95. The summed E-state index contributed by atoms with van der Waals surface area (Å²) in [6.45, 7) is 5.03. The zero-order valence-corrected chi connectivity index (χ0v) is 15.8. The Kier molecular flexibility index (Phi) is 5.36. The maximum Gasteiger partial charge on any atom is 0.378 e. The Morgan fingerprint density at radius 1 is 1.26 bits per heavy atom. The topological polar surface area (TPSA) is 98.5 Å². The van der Waals surface area contributed by atoms with Crippen molar-refractivity contribution in [3.8, 4) is 0 Å². The molecule has 0 spiro atoms. The molecule has 27 heavy (non-hydrogen) atoms. The molecule has 140 valence electrons. The molecule has 0 bridgehead atoms. The molecule has 0 aliphatic heterocycles. The molecule has 1 amide bonds. The number of aryl methyl sites for hydroxylation is 2. The molecule has 3 aromatic rings. The summed E-state index contributed by atoms with van der Waals surface area (Å²) in [4.78, 5) is 32.4. The Bertz CT molecular complexity index is 1020. The van der Waals surface area contributed by atoms with E-state index in [4.69, 9.17) is 16.3 Å². The van der Waals surface area contributed by atoms with E-state index in [2.05, 4.69) is 20.4 Å². The largest absolute Gasteiger partial charge is 0.450 e. The van der Waals surface area contributed by atoms with Gasteiger partial charge in [0.05, 0.1) is 6.04 Å². The fourth-order valence-corrected chi connectivity index (χ4v) is 2.79. The maximum absolute atomic E-state index is 12.1. The molecule has 2 heterocycles. The predicted molar refractivity (Wildman–Crippen MR) is 98.5 cm³/mol. The van der Waals surface area contributed by atoms with Crippen LogP contribution in [0.3, 0.4) is 0 Å². The van der Waals surface area contributed by atoms with Crippen LogP contribution in [0.25, 0.3) is 5.78 Å². The third-order valence-corrected chi connectivity index (χ3v) is 4.10. The molecule has 0 unspecified atom stereocenters. The first-order valence-corrected chi connectivity index (χ1v) is 8.64. The van der Waals surface area contributed by atoms with Crippen LogP contribution in [0, 0.1) is 13.8 Å². The number of rotatable bonds is 5. The van der Waals surface area contributed by atoms with Gasteiger partial charge in [0.25, 0.3) is 17.5 Å². The van der Waals surface area contributed by atoms with Crippen LogP contribution in [0.5, 0.6) is 0 Å². The molecule has 2 aromatic heterocycles. The Morgan fingerprint density at radius 3 is 2.78 bits per heavy atom. The van der Waals surface area contributed by atoms with Crippen molar-refractivity contribution in [1.82, 2.24) is 24.9 Å². The van der Waals surface area contributed by atoms with Crippen molar-refractivity contribution >= 4 is 29.3 Å². The van der Waals surface area contributed by atoms with E-state index in [0.717, 1.165) is 17.0 Å². The molecule has 3 rings (SSSR count). The number of nitrogens with one attached hydrogen (secondary N) is 1. The lowest BCUT2D eigenvalue weighted by molar-refractivity contribution is -0.124. The lowest BCUT2D eigenvalue weighted by Gasteiger charge is -2.14. The molecule has 8 nitrogen and oxygen atoms in total. The van der Waals surface area contributed by atoms with Gasteiger partial charge in [-0.15, -0.1) is 5.10 Å². The predicted octanol–water partition coefficient (Wildman–Crippen LogP) is 2.43. The molecule has 0 aliphatic carbocycles. The van der Waals surface area contributed by atoms with Gasteiger partial charge in [0.15, 0.2) is 6.61 Å². The van der Waals surface area contributed by atoms with E-state index in [0.29, 0.717) is 10.8 Å². The lowest BCUT2D eigenvalue weighted by Crippen LogP contribution is -2.31. The Morgan fingerprint density at radius 2 is 2.04 bits per heavy atom. The normalized spacial score (nSPS) is 12.0. The summed E-state index contributed by atoms with van der Waals surface area (Å²) in [7, 11) is 0. The van der Waals surface area contributed by atoms with Crippen molar-refractivity contribution in [2.24, 2.45) is 0 Å². The minimum absolute atomic E-state index is 0.146. The molecular weight excluding hydrogens is 370 g/mol. The second-order valence-electron chi connectivity index (χ2n) is 6.11. The molecule has 0 fully saturated rings. The van der Waals surface area contributed by atoms with Crippen molar-refractivity contribution in [1.29, 1.82) is 0 Å². The van der Waals surface area contributed by atoms with Gasteiger partial charge in [-0.05, 0) is 44.5 Å². The summed E-state index contributed by atoms with van der Waals surface area (Å²) in [5.41, 5.74) is 2.40. The van der Waals surface area contributed by atoms with Gasteiger partial charge in [-0.25, -0.2) is 14.3 Å². The van der Waals surface area contributed by atoms with Crippen molar-refractivity contribution in [2.45, 2.75) is 26.8 Å². The molecule has 9 heteroatoms. The summed E-state index contributed by atoms with van der Waals surface area (Å²) in [5, 5.41) is 7.39. The zero-order chi connectivity index (χ0) is 19.6. The Hall–Kier alpha value is -3.00. The first kappa shape index (κ1) is 18.8. The first-order valence-electron chi connectivity index (χ1n) is 8.26. The van der Waals surface area contributed by atoms with E-state index in [1.54, 1.807) is 18.2 Å². The minimum atomic E-state index is -0.789. The van der Waals surface area contributed by atoms with Gasteiger partial charge in [0.2, 0.25) is 0 Å². The number of carbonyl (C=O) groups is 2. The standard InChI is InChI=1S/C18H18ClN5O3/c1-10-7-11(2)24-18(20-10)22-16(23-24)17(26)27-9-15(25)21-12(3)13-5-4-6-14(19)8-13/h4-8,12H,9H2,1-3H3,(H,21,25)/t12-/m0/s1. The summed E-state index contributed by atoms with van der Waals surface area (Å²) in [6, 6.07) is 8.70. The molecule has 0 aliphatic rings. The molecule has 0 saturated heterocycles. The van der Waals surface area contributed by atoms with Crippen molar-refractivity contribution in [2.75, 3.05) is 6.61 Å². The van der Waals surface area contributed by atoms with Gasteiger partial charge in [-0.3, -0.25) is 4.79 Å². The van der Waals surface area contributed by atoms with E-state index >= 15 is 0 Å². The van der Waals surface area contributed by atoms with E-state index in [-0.39, 0.29) is 11.9 Å². The molecule has 1 aromatic carbocycles. The van der Waals surface area contributed by atoms with Crippen LogP contribution in [0.15, 0.2) is 30.3 Å². The van der Waals surface area contributed by atoms with E-state index in [9.17, 15) is 9.59 Å². The number of ether oxygens (including phenoxy) is 1. The number of nitrogens with zero attached hydrogens (tertiary/aromatic N) is 4. The maximum atomic E-state index is 12.1. The Labute approximate surface area is 160 Å². The lowest BCUT2D eigenvalue weighted by atomic mass is 10.1. The number of hydrogen-bond acceptors (Lipinski definition) is 6. The second-order valence-corrected chi connectivity index (χ2v) is 6.54. The molecule has 0 saturated carbocycles. The van der Waals surface area contributed by atoms with Crippen molar-refractivity contribution in [3.05, 3.63) is 58.1 Å². The highest BCUT2D eigenvalue weighted by molar-refractivity contribution is 6.30. The first-order chi connectivity index (χ1) is 12.8. The van der Waals surface area contributed by atoms with Gasteiger partial charge in [-0.1, -0.05) is 23.7 Å². The SMILES string of the molecule is Cc1cc(C)n2nc(C(=O)OCC(=O)N[C@@H](C)c3cccc(Cl)c3)nc2n1. The van der Waals surface area contributed by atoms with Crippen LogP contribution in [-0.2, 0) is 9.53 Å². The number of carbonyl (C=O) groups excluding carboxylic acids is 2. The highest BCUT2D eigenvalue weighted by atomic mass is 35.5. The van der Waals surface area contributed by atoms with Crippen LogP contribution >= 0.6 is 11.6 Å². The van der Waals surface area contributed by atoms with Gasteiger partial charge in [0.1, 0.15) is 0 Å². The van der Waals surface area contributed by atoms with Gasteiger partial charge >= 0.3 is 5.97 Å². The highest BCUT2D eigenvalue weighted by Crippen LogP contribution is 2.17. The molecular formula is C18H18ClN5O3.